The molecule has 2 aromatic heterocycles. The molecule has 0 atom stereocenters. The molecule has 4 nitrogen and oxygen atoms in total. The first kappa shape index (κ1) is 9.72. The second-order valence-corrected chi connectivity index (χ2v) is 3.62. The average Bonchev–Trinajstić information content (AvgIpc) is 2.40. The highest BCUT2D eigenvalue weighted by atomic mass is 15.1. The highest BCUT2D eigenvalue weighted by Crippen LogP contribution is 2.22. The van der Waals surface area contributed by atoms with Gasteiger partial charge in [0.15, 0.2) is 5.65 Å². The smallest absolute Gasteiger partial charge is 0.183 e. The highest BCUT2D eigenvalue weighted by molar-refractivity contribution is 5.89. The van der Waals surface area contributed by atoms with Crippen LogP contribution >= 0.6 is 0 Å². The van der Waals surface area contributed by atoms with Crippen LogP contribution in [0.15, 0.2) is 54.9 Å². The minimum Gasteiger partial charge on any atom is -0.354 e. The van der Waals surface area contributed by atoms with Gasteiger partial charge in [0.2, 0.25) is 0 Å². The van der Waals surface area contributed by atoms with E-state index in [2.05, 4.69) is 20.5 Å². The SMILES string of the molecule is c1ccc(Nc2cnnc3ncccc23)cc1. The third kappa shape index (κ3) is 1.92. The molecule has 0 radical (unpaired) electrons. The average molecular weight is 222 g/mol. The Balaban J connectivity index is 2.06. The van der Waals surface area contributed by atoms with E-state index < -0.39 is 0 Å². The van der Waals surface area contributed by atoms with E-state index in [0.717, 1.165) is 16.8 Å². The first-order valence-electron chi connectivity index (χ1n) is 5.32. The molecule has 0 fully saturated rings. The Kier molecular flexibility index (Phi) is 2.38. The topological polar surface area (TPSA) is 50.7 Å². The lowest BCUT2D eigenvalue weighted by Gasteiger charge is -2.07. The van der Waals surface area contributed by atoms with Gasteiger partial charge in [0.1, 0.15) is 0 Å². The van der Waals surface area contributed by atoms with Crippen LogP contribution in [0.3, 0.4) is 0 Å². The monoisotopic (exact) mass is 222 g/mol. The van der Waals surface area contributed by atoms with E-state index in [0.29, 0.717) is 5.65 Å². The zero-order chi connectivity index (χ0) is 11.5. The maximum absolute atomic E-state index is 4.17. The molecule has 3 rings (SSSR count). The maximum Gasteiger partial charge on any atom is 0.183 e. The summed E-state index contributed by atoms with van der Waals surface area (Å²) in [7, 11) is 0. The Hall–Kier alpha value is -2.49. The molecule has 0 bridgehead atoms. The van der Waals surface area contributed by atoms with Crippen molar-refractivity contribution in [3.8, 4) is 0 Å². The first-order chi connectivity index (χ1) is 8.43. The second-order valence-electron chi connectivity index (χ2n) is 3.62. The van der Waals surface area contributed by atoms with Gasteiger partial charge in [-0.05, 0) is 24.3 Å². The third-order valence-electron chi connectivity index (χ3n) is 2.47. The zero-order valence-corrected chi connectivity index (χ0v) is 9.04. The van der Waals surface area contributed by atoms with E-state index in [4.69, 9.17) is 0 Å². The standard InChI is InChI=1S/C13H10N4/c1-2-5-10(6-3-1)16-12-9-15-17-13-11(12)7-4-8-14-13/h1-9H,(H,14,16,17). The van der Waals surface area contributed by atoms with Crippen molar-refractivity contribution in [1.82, 2.24) is 15.2 Å². The number of rotatable bonds is 2. The predicted octanol–water partition coefficient (Wildman–Crippen LogP) is 2.77. The van der Waals surface area contributed by atoms with Crippen LogP contribution in [0.25, 0.3) is 11.0 Å². The third-order valence-corrected chi connectivity index (χ3v) is 2.47. The summed E-state index contributed by atoms with van der Waals surface area (Å²) in [5.74, 6) is 0. The van der Waals surface area contributed by atoms with Gasteiger partial charge >= 0.3 is 0 Å². The maximum atomic E-state index is 4.17. The van der Waals surface area contributed by atoms with Crippen LogP contribution in [0.5, 0.6) is 0 Å². The Bertz CT molecular complexity index is 632. The number of nitrogens with zero attached hydrogens (tertiary/aromatic N) is 3. The van der Waals surface area contributed by atoms with Crippen LogP contribution in [0.4, 0.5) is 11.4 Å². The van der Waals surface area contributed by atoms with Crippen LogP contribution in [0, 0.1) is 0 Å². The summed E-state index contributed by atoms with van der Waals surface area (Å²) >= 11 is 0. The lowest BCUT2D eigenvalue weighted by atomic mass is 10.2. The van der Waals surface area contributed by atoms with Crippen LogP contribution in [-0.2, 0) is 0 Å². The number of hydrogen-bond donors (Lipinski definition) is 1. The van der Waals surface area contributed by atoms with Gasteiger partial charge in [-0.15, -0.1) is 5.10 Å². The molecule has 1 aromatic carbocycles. The van der Waals surface area contributed by atoms with Gasteiger partial charge < -0.3 is 5.32 Å². The Morgan fingerprint density at radius 2 is 1.82 bits per heavy atom. The van der Waals surface area contributed by atoms with Gasteiger partial charge in [0.25, 0.3) is 0 Å². The van der Waals surface area contributed by atoms with Gasteiger partial charge in [-0.2, -0.15) is 5.10 Å². The zero-order valence-electron chi connectivity index (χ0n) is 9.04. The molecule has 0 aliphatic carbocycles. The van der Waals surface area contributed by atoms with E-state index in [-0.39, 0.29) is 0 Å². The fourth-order valence-electron chi connectivity index (χ4n) is 1.67. The summed E-state index contributed by atoms with van der Waals surface area (Å²) in [5, 5.41) is 12.2. The van der Waals surface area contributed by atoms with Crippen molar-refractivity contribution in [1.29, 1.82) is 0 Å². The van der Waals surface area contributed by atoms with Crippen molar-refractivity contribution in [2.45, 2.75) is 0 Å². The lowest BCUT2D eigenvalue weighted by molar-refractivity contribution is 1.05. The molecule has 4 heteroatoms. The lowest BCUT2D eigenvalue weighted by Crippen LogP contribution is -1.95. The molecule has 0 aliphatic heterocycles. The highest BCUT2D eigenvalue weighted by Gasteiger charge is 2.02. The van der Waals surface area contributed by atoms with E-state index in [1.54, 1.807) is 12.4 Å². The molecule has 82 valence electrons. The molecule has 1 N–H and O–H groups in total. The summed E-state index contributed by atoms with van der Waals surface area (Å²) in [4.78, 5) is 4.17. The van der Waals surface area contributed by atoms with E-state index in [9.17, 15) is 0 Å². The van der Waals surface area contributed by atoms with Gasteiger partial charge in [-0.3, -0.25) is 0 Å². The molecule has 0 unspecified atom stereocenters. The fraction of sp³-hybridized carbons (Fsp3) is 0. The quantitative estimate of drug-likeness (QED) is 0.724. The Morgan fingerprint density at radius 1 is 0.941 bits per heavy atom. The number of benzene rings is 1. The van der Waals surface area contributed by atoms with Gasteiger partial charge in [-0.25, -0.2) is 4.98 Å². The van der Waals surface area contributed by atoms with Crippen LogP contribution in [0.2, 0.25) is 0 Å². The summed E-state index contributed by atoms with van der Waals surface area (Å²) in [6.07, 6.45) is 3.42. The van der Waals surface area contributed by atoms with Crippen molar-refractivity contribution < 1.29 is 0 Å². The summed E-state index contributed by atoms with van der Waals surface area (Å²) in [5.41, 5.74) is 2.58. The van der Waals surface area contributed by atoms with Gasteiger partial charge in [-0.1, -0.05) is 18.2 Å². The number of nitrogens with one attached hydrogen (secondary N) is 1. The summed E-state index contributed by atoms with van der Waals surface area (Å²) in [6.45, 7) is 0. The predicted molar refractivity (Wildman–Crippen MR) is 67.1 cm³/mol. The molecule has 0 aliphatic rings. The van der Waals surface area contributed by atoms with Crippen molar-refractivity contribution in [3.63, 3.8) is 0 Å². The molecule has 2 heterocycles. The van der Waals surface area contributed by atoms with Gasteiger partial charge in [0, 0.05) is 17.3 Å². The second kappa shape index (κ2) is 4.17. The van der Waals surface area contributed by atoms with E-state index >= 15 is 0 Å². The minimum atomic E-state index is 0.647. The van der Waals surface area contributed by atoms with Crippen LogP contribution < -0.4 is 5.32 Å². The number of aromatic nitrogens is 3. The van der Waals surface area contributed by atoms with Crippen LogP contribution in [-0.4, -0.2) is 15.2 Å². The largest absolute Gasteiger partial charge is 0.354 e. The number of para-hydroxylation sites is 1. The molecule has 0 saturated carbocycles. The van der Waals surface area contributed by atoms with Crippen molar-refractivity contribution in [2.24, 2.45) is 0 Å². The molecular weight excluding hydrogens is 212 g/mol. The van der Waals surface area contributed by atoms with E-state index in [1.807, 2.05) is 42.5 Å². The Labute approximate surface area is 98.3 Å². The van der Waals surface area contributed by atoms with Gasteiger partial charge in [0.05, 0.1) is 11.9 Å². The molecule has 17 heavy (non-hydrogen) atoms. The summed E-state index contributed by atoms with van der Waals surface area (Å²) in [6, 6.07) is 13.8. The molecule has 0 saturated heterocycles. The molecule has 0 amide bonds. The number of hydrogen-bond acceptors (Lipinski definition) is 4. The fourth-order valence-corrected chi connectivity index (χ4v) is 1.67. The van der Waals surface area contributed by atoms with E-state index in [1.165, 1.54) is 0 Å². The Morgan fingerprint density at radius 3 is 2.71 bits per heavy atom. The number of pyridine rings is 1. The van der Waals surface area contributed by atoms with Crippen molar-refractivity contribution >= 4 is 22.4 Å². The first-order valence-corrected chi connectivity index (χ1v) is 5.32. The number of fused-ring (bicyclic) bond motifs is 1. The normalized spacial score (nSPS) is 10.4. The van der Waals surface area contributed by atoms with Crippen molar-refractivity contribution in [2.75, 3.05) is 5.32 Å². The number of anilines is 2. The van der Waals surface area contributed by atoms with Crippen molar-refractivity contribution in [3.05, 3.63) is 54.9 Å². The summed E-state index contributed by atoms with van der Waals surface area (Å²) < 4.78 is 0. The molecule has 3 aromatic rings. The molecular formula is C13H10N4. The van der Waals surface area contributed by atoms with Crippen LogP contribution in [0.1, 0.15) is 0 Å². The minimum absolute atomic E-state index is 0.647. The molecule has 0 spiro atoms.